The topological polar surface area (TPSA) is 93.0 Å². The Kier molecular flexibility index (Phi) is 5.58. The van der Waals surface area contributed by atoms with Crippen molar-refractivity contribution in [2.45, 2.75) is 6.92 Å². The second-order valence-electron chi connectivity index (χ2n) is 6.53. The largest absolute Gasteiger partial charge is 0.465 e. The van der Waals surface area contributed by atoms with Crippen LogP contribution in [0, 0.1) is 10.1 Å². The molecule has 28 heavy (non-hydrogen) atoms. The Morgan fingerprint density at radius 2 is 1.61 bits per heavy atom. The van der Waals surface area contributed by atoms with Crippen LogP contribution >= 0.6 is 0 Å². The fraction of sp³-hybridized carbons (Fsp3) is 0.300. The molecule has 1 aliphatic heterocycles. The third-order valence-corrected chi connectivity index (χ3v) is 4.86. The number of nitrogens with zero attached hydrogens (tertiary/aromatic N) is 3. The van der Waals surface area contributed by atoms with Gasteiger partial charge < -0.3 is 14.5 Å². The van der Waals surface area contributed by atoms with E-state index in [1.54, 1.807) is 6.07 Å². The Labute approximate surface area is 162 Å². The van der Waals surface area contributed by atoms with E-state index in [0.29, 0.717) is 24.3 Å². The van der Waals surface area contributed by atoms with Gasteiger partial charge in [-0.15, -0.1) is 0 Å². The van der Waals surface area contributed by atoms with Gasteiger partial charge in [0.05, 0.1) is 23.3 Å². The lowest BCUT2D eigenvalue weighted by atomic mass is 10.1. The number of Topliss-reactive ketones (excluding diaryl/α,β-unsaturated/α-hetero) is 1. The second kappa shape index (κ2) is 8.08. The molecule has 1 heterocycles. The number of ether oxygens (including phenoxy) is 1. The van der Waals surface area contributed by atoms with Crippen LogP contribution in [0.1, 0.15) is 27.6 Å². The van der Waals surface area contributed by atoms with E-state index in [4.69, 9.17) is 4.74 Å². The van der Waals surface area contributed by atoms with E-state index >= 15 is 0 Å². The standard InChI is InChI=1S/C20H21N3O5/c1-14(24)15-3-5-16(6-4-15)21-9-11-22(12-10-21)19-8-7-17(23(26)27)13-18(19)20(25)28-2/h3-8,13H,9-12H2,1-2H3. The van der Waals surface area contributed by atoms with E-state index in [-0.39, 0.29) is 17.0 Å². The number of methoxy groups -OCH3 is 1. The molecule has 0 spiro atoms. The summed E-state index contributed by atoms with van der Waals surface area (Å²) in [7, 11) is 1.26. The predicted molar refractivity (Wildman–Crippen MR) is 105 cm³/mol. The molecule has 146 valence electrons. The van der Waals surface area contributed by atoms with Crippen molar-refractivity contribution >= 4 is 28.8 Å². The zero-order valence-electron chi connectivity index (χ0n) is 15.8. The molecule has 1 saturated heterocycles. The molecule has 1 aliphatic rings. The van der Waals surface area contributed by atoms with E-state index in [0.717, 1.165) is 18.8 Å². The first-order valence-electron chi connectivity index (χ1n) is 8.88. The lowest BCUT2D eigenvalue weighted by molar-refractivity contribution is -0.384. The van der Waals surface area contributed by atoms with Gasteiger partial charge in [0.1, 0.15) is 0 Å². The van der Waals surface area contributed by atoms with Gasteiger partial charge in [-0.3, -0.25) is 14.9 Å². The van der Waals surface area contributed by atoms with Gasteiger partial charge in [-0.1, -0.05) is 0 Å². The molecule has 8 nitrogen and oxygen atoms in total. The number of anilines is 2. The molecule has 3 rings (SSSR count). The number of benzene rings is 2. The van der Waals surface area contributed by atoms with Crippen LogP contribution in [0.15, 0.2) is 42.5 Å². The van der Waals surface area contributed by atoms with Gasteiger partial charge in [0, 0.05) is 49.6 Å². The normalized spacial score (nSPS) is 13.9. The minimum absolute atomic E-state index is 0.0323. The molecule has 0 aromatic heterocycles. The molecule has 0 bridgehead atoms. The third kappa shape index (κ3) is 3.95. The summed E-state index contributed by atoms with van der Waals surface area (Å²) in [5.41, 5.74) is 2.38. The lowest BCUT2D eigenvalue weighted by Gasteiger charge is -2.38. The number of carbonyl (C=O) groups excluding carboxylic acids is 2. The molecule has 0 amide bonds. The Morgan fingerprint density at radius 1 is 1.00 bits per heavy atom. The summed E-state index contributed by atoms with van der Waals surface area (Å²) >= 11 is 0. The highest BCUT2D eigenvalue weighted by Gasteiger charge is 2.24. The number of nitro benzene ring substituents is 1. The highest BCUT2D eigenvalue weighted by Crippen LogP contribution is 2.28. The van der Waals surface area contributed by atoms with E-state index in [1.807, 2.05) is 29.2 Å². The maximum atomic E-state index is 12.1. The maximum Gasteiger partial charge on any atom is 0.340 e. The Morgan fingerprint density at radius 3 is 2.14 bits per heavy atom. The average Bonchev–Trinajstić information content (AvgIpc) is 2.73. The molecular weight excluding hydrogens is 362 g/mol. The first-order valence-corrected chi connectivity index (χ1v) is 8.88. The van der Waals surface area contributed by atoms with Crippen LogP contribution in [0.4, 0.5) is 17.1 Å². The average molecular weight is 383 g/mol. The quantitative estimate of drug-likeness (QED) is 0.339. The van der Waals surface area contributed by atoms with Crippen LogP contribution in [-0.2, 0) is 4.74 Å². The van der Waals surface area contributed by atoms with Crippen molar-refractivity contribution in [3.05, 3.63) is 63.7 Å². The number of hydrogen-bond acceptors (Lipinski definition) is 7. The van der Waals surface area contributed by atoms with E-state index in [2.05, 4.69) is 4.90 Å². The number of hydrogen-bond donors (Lipinski definition) is 0. The maximum absolute atomic E-state index is 12.1. The van der Waals surface area contributed by atoms with Gasteiger partial charge in [0.25, 0.3) is 5.69 Å². The molecule has 0 N–H and O–H groups in total. The van der Waals surface area contributed by atoms with Gasteiger partial charge in [-0.25, -0.2) is 4.79 Å². The number of carbonyl (C=O) groups is 2. The molecule has 2 aromatic rings. The van der Waals surface area contributed by atoms with Crippen molar-refractivity contribution in [3.8, 4) is 0 Å². The fourth-order valence-electron chi connectivity index (χ4n) is 3.30. The smallest absolute Gasteiger partial charge is 0.340 e. The van der Waals surface area contributed by atoms with Crippen LogP contribution in [0.3, 0.4) is 0 Å². The van der Waals surface area contributed by atoms with Gasteiger partial charge in [0.15, 0.2) is 5.78 Å². The van der Waals surface area contributed by atoms with Gasteiger partial charge in [-0.2, -0.15) is 0 Å². The van der Waals surface area contributed by atoms with Crippen LogP contribution < -0.4 is 9.80 Å². The second-order valence-corrected chi connectivity index (χ2v) is 6.53. The minimum Gasteiger partial charge on any atom is -0.465 e. The molecule has 2 aromatic carbocycles. The fourth-order valence-corrected chi connectivity index (χ4v) is 3.30. The summed E-state index contributed by atoms with van der Waals surface area (Å²) in [5.74, 6) is -0.564. The zero-order chi connectivity index (χ0) is 20.3. The van der Waals surface area contributed by atoms with Gasteiger partial charge in [-0.05, 0) is 37.3 Å². The molecule has 1 fully saturated rings. The van der Waals surface area contributed by atoms with Crippen molar-refractivity contribution in [2.75, 3.05) is 43.1 Å². The third-order valence-electron chi connectivity index (χ3n) is 4.86. The summed E-state index contributed by atoms with van der Waals surface area (Å²) in [4.78, 5) is 38.2. The lowest BCUT2D eigenvalue weighted by Crippen LogP contribution is -2.47. The number of rotatable bonds is 5. The van der Waals surface area contributed by atoms with E-state index in [9.17, 15) is 19.7 Å². The van der Waals surface area contributed by atoms with Gasteiger partial charge in [0.2, 0.25) is 0 Å². The first kappa shape index (κ1) is 19.3. The van der Waals surface area contributed by atoms with E-state index < -0.39 is 10.9 Å². The van der Waals surface area contributed by atoms with Gasteiger partial charge >= 0.3 is 5.97 Å². The molecule has 0 saturated carbocycles. The predicted octanol–water partition coefficient (Wildman–Crippen LogP) is 2.91. The van der Waals surface area contributed by atoms with Crippen LogP contribution in [0.2, 0.25) is 0 Å². The summed E-state index contributed by atoms with van der Waals surface area (Å²) in [6.45, 7) is 4.28. The molecule has 0 radical (unpaired) electrons. The molecular formula is C20H21N3O5. The van der Waals surface area contributed by atoms with Crippen LogP contribution in [0.5, 0.6) is 0 Å². The molecule has 0 unspecified atom stereocenters. The van der Waals surface area contributed by atoms with Crippen molar-refractivity contribution in [1.82, 2.24) is 0 Å². The van der Waals surface area contributed by atoms with E-state index in [1.165, 1.54) is 26.2 Å². The van der Waals surface area contributed by atoms with Crippen molar-refractivity contribution in [2.24, 2.45) is 0 Å². The Balaban J connectivity index is 1.76. The molecule has 8 heteroatoms. The van der Waals surface area contributed by atoms with Crippen LogP contribution in [0.25, 0.3) is 0 Å². The number of esters is 1. The molecule has 0 aliphatic carbocycles. The van der Waals surface area contributed by atoms with Crippen molar-refractivity contribution in [1.29, 1.82) is 0 Å². The monoisotopic (exact) mass is 383 g/mol. The highest BCUT2D eigenvalue weighted by atomic mass is 16.6. The number of ketones is 1. The summed E-state index contributed by atoms with van der Waals surface area (Å²) in [6, 6.07) is 11.7. The summed E-state index contributed by atoms with van der Waals surface area (Å²) in [6.07, 6.45) is 0. The van der Waals surface area contributed by atoms with Crippen molar-refractivity contribution in [3.63, 3.8) is 0 Å². The number of nitro groups is 1. The summed E-state index contributed by atoms with van der Waals surface area (Å²) in [5, 5.41) is 11.0. The van der Waals surface area contributed by atoms with Crippen LogP contribution in [-0.4, -0.2) is 50.0 Å². The number of piperazine rings is 1. The molecule has 0 atom stereocenters. The Hall–Kier alpha value is -3.42. The first-order chi connectivity index (χ1) is 13.4. The Bertz CT molecular complexity index is 903. The SMILES string of the molecule is COC(=O)c1cc([N+](=O)[O-])ccc1N1CCN(c2ccc(C(C)=O)cc2)CC1. The summed E-state index contributed by atoms with van der Waals surface area (Å²) < 4.78 is 4.80. The van der Waals surface area contributed by atoms with Crippen molar-refractivity contribution < 1.29 is 19.2 Å². The number of non-ortho nitro benzene ring substituents is 1. The minimum atomic E-state index is -0.596. The zero-order valence-corrected chi connectivity index (χ0v) is 15.8. The highest BCUT2D eigenvalue weighted by molar-refractivity contribution is 5.97.